The zero-order valence-corrected chi connectivity index (χ0v) is 25.5. The first-order chi connectivity index (χ1) is 20.9. The summed E-state index contributed by atoms with van der Waals surface area (Å²) in [6.45, 7) is 3.50. The van der Waals surface area contributed by atoms with Gasteiger partial charge in [-0.2, -0.15) is 0 Å². The number of likely N-dealkylation sites (tertiary alicyclic amines) is 1. The molecule has 1 saturated heterocycles. The van der Waals surface area contributed by atoms with Crippen LogP contribution in [0.4, 0.5) is 19.3 Å². The smallest absolute Gasteiger partial charge is 0.319 e. The van der Waals surface area contributed by atoms with E-state index in [0.29, 0.717) is 37.1 Å². The van der Waals surface area contributed by atoms with Crippen LogP contribution < -0.4 is 21.1 Å². The highest BCUT2D eigenvalue weighted by atomic mass is 32.2. The summed E-state index contributed by atoms with van der Waals surface area (Å²) in [5.74, 6) is -1.76. The molecule has 2 unspecified atom stereocenters. The van der Waals surface area contributed by atoms with E-state index in [1.807, 2.05) is 6.07 Å². The molecule has 44 heavy (non-hydrogen) atoms. The Kier molecular flexibility index (Phi) is 10.9. The van der Waals surface area contributed by atoms with E-state index in [2.05, 4.69) is 27.4 Å². The standard InChI is InChI=1S/C31H37F2N5O5S/c1-3-4-5-23-16-22(36-31(40)37-28-14-21(15-29(34)39)26(32)17-27(28)33)12-13-38(23)19-20-6-11-30(35-18-20)43-24-7-9-25(10-8-24)44(2,41)42/h6-11,14,17-18,22-23H,3-5,12-13,15-16,19H2,1-2H3,(H2,34,39)(H2,36,37,40). The Hall–Kier alpha value is -4.10. The second-order valence-electron chi connectivity index (χ2n) is 11.0. The van der Waals surface area contributed by atoms with Crippen molar-refractivity contribution in [2.45, 2.75) is 69.0 Å². The van der Waals surface area contributed by atoms with Gasteiger partial charge in [0.15, 0.2) is 9.84 Å². The zero-order valence-electron chi connectivity index (χ0n) is 24.7. The van der Waals surface area contributed by atoms with Gasteiger partial charge in [0, 0.05) is 49.8 Å². The van der Waals surface area contributed by atoms with Crippen LogP contribution in [0.5, 0.6) is 11.6 Å². The Morgan fingerprint density at radius 3 is 2.50 bits per heavy atom. The number of carbonyl (C=O) groups is 2. The van der Waals surface area contributed by atoms with E-state index >= 15 is 0 Å². The number of anilines is 1. The van der Waals surface area contributed by atoms with E-state index in [1.165, 1.54) is 12.1 Å². The lowest BCUT2D eigenvalue weighted by Gasteiger charge is -2.40. The number of amides is 3. The highest BCUT2D eigenvalue weighted by molar-refractivity contribution is 7.90. The minimum Gasteiger partial charge on any atom is -0.439 e. The van der Waals surface area contributed by atoms with Gasteiger partial charge in [-0.05, 0) is 60.7 Å². The Labute approximate surface area is 255 Å². The molecular weight excluding hydrogens is 592 g/mol. The topological polar surface area (TPSA) is 144 Å². The summed E-state index contributed by atoms with van der Waals surface area (Å²) >= 11 is 0. The number of nitrogens with one attached hydrogen (secondary N) is 2. The number of benzene rings is 2. The molecule has 2 heterocycles. The van der Waals surface area contributed by atoms with Gasteiger partial charge in [-0.15, -0.1) is 0 Å². The van der Waals surface area contributed by atoms with Crippen molar-refractivity contribution < 1.29 is 31.5 Å². The molecule has 3 aromatic rings. The molecule has 0 bridgehead atoms. The van der Waals surface area contributed by atoms with Crippen LogP contribution in [-0.4, -0.2) is 55.1 Å². The van der Waals surface area contributed by atoms with Crippen LogP contribution in [0.1, 0.15) is 50.2 Å². The molecule has 4 N–H and O–H groups in total. The predicted octanol–water partition coefficient (Wildman–Crippen LogP) is 4.93. The van der Waals surface area contributed by atoms with Gasteiger partial charge >= 0.3 is 6.03 Å². The van der Waals surface area contributed by atoms with Gasteiger partial charge in [-0.3, -0.25) is 9.69 Å². The molecule has 0 radical (unpaired) electrons. The number of hydrogen-bond acceptors (Lipinski definition) is 7. The fraction of sp³-hybridized carbons (Fsp3) is 0.387. The maximum atomic E-state index is 14.3. The number of rotatable bonds is 12. The lowest BCUT2D eigenvalue weighted by Crippen LogP contribution is -2.50. The number of pyridine rings is 1. The van der Waals surface area contributed by atoms with E-state index in [0.717, 1.165) is 43.7 Å². The van der Waals surface area contributed by atoms with Gasteiger partial charge in [0.05, 0.1) is 17.0 Å². The molecule has 3 amide bonds. The number of urea groups is 1. The third-order valence-electron chi connectivity index (χ3n) is 7.47. The number of nitrogens with zero attached hydrogens (tertiary/aromatic N) is 2. The summed E-state index contributed by atoms with van der Waals surface area (Å²) in [6.07, 6.45) is 6.85. The van der Waals surface area contributed by atoms with Crippen LogP contribution in [0.15, 0.2) is 59.6 Å². The van der Waals surface area contributed by atoms with Crippen LogP contribution in [-0.2, 0) is 27.6 Å². The van der Waals surface area contributed by atoms with Crippen LogP contribution in [0.3, 0.4) is 0 Å². The number of sulfone groups is 1. The van der Waals surface area contributed by atoms with Crippen LogP contribution in [0, 0.1) is 11.6 Å². The van der Waals surface area contributed by atoms with Crippen molar-refractivity contribution in [3.8, 4) is 11.6 Å². The normalized spacial score (nSPS) is 17.2. The largest absolute Gasteiger partial charge is 0.439 e. The molecule has 10 nitrogen and oxygen atoms in total. The fourth-order valence-corrected chi connectivity index (χ4v) is 5.84. The predicted molar refractivity (Wildman–Crippen MR) is 162 cm³/mol. The molecule has 4 rings (SSSR count). The summed E-state index contributed by atoms with van der Waals surface area (Å²) in [5, 5.41) is 5.35. The highest BCUT2D eigenvalue weighted by Gasteiger charge is 2.29. The van der Waals surface area contributed by atoms with Crippen molar-refractivity contribution in [3.63, 3.8) is 0 Å². The molecule has 2 aromatic carbocycles. The summed E-state index contributed by atoms with van der Waals surface area (Å²) in [4.78, 5) is 30.9. The maximum absolute atomic E-state index is 14.3. The Morgan fingerprint density at radius 1 is 1.11 bits per heavy atom. The van der Waals surface area contributed by atoms with E-state index in [9.17, 15) is 26.8 Å². The van der Waals surface area contributed by atoms with Crippen molar-refractivity contribution in [1.29, 1.82) is 0 Å². The summed E-state index contributed by atoms with van der Waals surface area (Å²) in [6, 6.07) is 11.0. The van der Waals surface area contributed by atoms with E-state index in [1.54, 1.807) is 24.4 Å². The lowest BCUT2D eigenvalue weighted by molar-refractivity contribution is -0.117. The van der Waals surface area contributed by atoms with Gasteiger partial charge in [0.2, 0.25) is 11.8 Å². The van der Waals surface area contributed by atoms with Gasteiger partial charge in [0.1, 0.15) is 17.4 Å². The zero-order chi connectivity index (χ0) is 31.9. The van der Waals surface area contributed by atoms with Crippen molar-refractivity contribution in [1.82, 2.24) is 15.2 Å². The number of unbranched alkanes of at least 4 members (excludes halogenated alkanes) is 1. The van der Waals surface area contributed by atoms with E-state index in [4.69, 9.17) is 10.5 Å². The summed E-state index contributed by atoms with van der Waals surface area (Å²) in [7, 11) is -3.29. The first-order valence-corrected chi connectivity index (χ1v) is 16.3. The quantitative estimate of drug-likeness (QED) is 0.258. The van der Waals surface area contributed by atoms with Crippen molar-refractivity contribution in [2.24, 2.45) is 5.73 Å². The van der Waals surface area contributed by atoms with Gasteiger partial charge in [0.25, 0.3) is 0 Å². The number of nitrogens with two attached hydrogens (primary N) is 1. The van der Waals surface area contributed by atoms with E-state index in [-0.39, 0.29) is 28.2 Å². The number of aromatic nitrogens is 1. The number of piperidine rings is 1. The van der Waals surface area contributed by atoms with E-state index < -0.39 is 39.8 Å². The molecule has 0 aliphatic carbocycles. The van der Waals surface area contributed by atoms with Crippen LogP contribution in [0.25, 0.3) is 0 Å². The summed E-state index contributed by atoms with van der Waals surface area (Å²) in [5.41, 5.74) is 5.80. The number of halogens is 2. The maximum Gasteiger partial charge on any atom is 0.319 e. The average Bonchev–Trinajstić information content (AvgIpc) is 2.96. The highest BCUT2D eigenvalue weighted by Crippen LogP contribution is 2.26. The molecule has 236 valence electrons. The van der Waals surface area contributed by atoms with Gasteiger partial charge in [-0.25, -0.2) is 27.0 Å². The molecule has 0 spiro atoms. The first kappa shape index (κ1) is 32.8. The number of ether oxygens (including phenoxy) is 1. The van der Waals surface area contributed by atoms with Gasteiger partial charge in [-0.1, -0.05) is 25.8 Å². The third kappa shape index (κ3) is 9.20. The molecule has 1 aromatic heterocycles. The lowest BCUT2D eigenvalue weighted by atomic mass is 9.93. The summed E-state index contributed by atoms with van der Waals surface area (Å²) < 4.78 is 57.4. The monoisotopic (exact) mass is 629 g/mol. The fourth-order valence-electron chi connectivity index (χ4n) is 5.21. The van der Waals surface area contributed by atoms with Crippen LogP contribution >= 0.6 is 0 Å². The van der Waals surface area contributed by atoms with Crippen molar-refractivity contribution in [3.05, 3.63) is 77.5 Å². The molecular formula is C31H37F2N5O5S. The van der Waals surface area contributed by atoms with Crippen LogP contribution in [0.2, 0.25) is 0 Å². The third-order valence-corrected chi connectivity index (χ3v) is 8.60. The number of primary amides is 1. The number of hydrogen-bond donors (Lipinski definition) is 3. The average molecular weight is 630 g/mol. The minimum atomic E-state index is -3.29. The number of carbonyl (C=O) groups excluding carboxylic acids is 2. The molecule has 1 aliphatic heterocycles. The molecule has 13 heteroatoms. The molecule has 2 atom stereocenters. The van der Waals surface area contributed by atoms with Gasteiger partial charge < -0.3 is 21.1 Å². The Bertz CT molecular complexity index is 1570. The van der Waals surface area contributed by atoms with Crippen molar-refractivity contribution >= 4 is 27.5 Å². The second kappa shape index (κ2) is 14.6. The minimum absolute atomic E-state index is 0.0977. The Morgan fingerprint density at radius 2 is 1.86 bits per heavy atom. The Balaban J connectivity index is 1.34. The SMILES string of the molecule is CCCCC1CC(NC(=O)Nc2cc(CC(N)=O)c(F)cc2F)CCN1Cc1ccc(Oc2ccc(S(C)(=O)=O)cc2)nc1. The second-order valence-corrected chi connectivity index (χ2v) is 13.0. The molecule has 0 saturated carbocycles. The molecule has 1 fully saturated rings. The molecule has 1 aliphatic rings. The van der Waals surface area contributed by atoms with Crippen molar-refractivity contribution in [2.75, 3.05) is 18.1 Å². The first-order valence-electron chi connectivity index (χ1n) is 14.4.